The Balaban J connectivity index is 3.35. The molecule has 0 unspecified atom stereocenters. The maximum absolute atomic E-state index is 12.6. The van der Waals surface area contributed by atoms with Crippen LogP contribution in [0.3, 0.4) is 0 Å². The van der Waals surface area contributed by atoms with Crippen LogP contribution in [0.1, 0.15) is 5.56 Å². The lowest BCUT2D eigenvalue weighted by molar-refractivity contribution is 0.611. The predicted octanol–water partition coefficient (Wildman–Crippen LogP) is 0.668. The molecule has 0 aliphatic carbocycles. The highest BCUT2D eigenvalue weighted by Gasteiger charge is 2.02. The summed E-state index contributed by atoms with van der Waals surface area (Å²) < 4.78 is 33.4. The number of nitriles is 1. The monoisotopic (exact) mass is 185 g/mol. The predicted molar refractivity (Wildman–Crippen MR) is 39.7 cm³/mol. The molecule has 0 aromatic heterocycles. The van der Waals surface area contributed by atoms with E-state index in [9.17, 15) is 12.8 Å². The van der Waals surface area contributed by atoms with Gasteiger partial charge in [0.25, 0.3) is 0 Å². The van der Waals surface area contributed by atoms with Crippen molar-refractivity contribution in [2.75, 3.05) is 0 Å². The largest absolute Gasteiger partial charge is 0.227 e. The van der Waals surface area contributed by atoms with Gasteiger partial charge in [-0.25, -0.2) is 12.8 Å². The van der Waals surface area contributed by atoms with Crippen molar-refractivity contribution in [2.24, 2.45) is 0 Å². The van der Waals surface area contributed by atoms with Gasteiger partial charge in [0, 0.05) is 0 Å². The molecule has 0 aliphatic heterocycles. The van der Waals surface area contributed by atoms with Gasteiger partial charge in [0.1, 0.15) is 11.9 Å². The van der Waals surface area contributed by atoms with E-state index in [1.165, 1.54) is 0 Å². The third kappa shape index (κ3) is 1.60. The van der Waals surface area contributed by atoms with Gasteiger partial charge in [-0.15, -0.1) is 0 Å². The lowest BCUT2D eigenvalue weighted by Crippen LogP contribution is -1.86. The van der Waals surface area contributed by atoms with E-state index in [0.717, 1.165) is 18.2 Å². The van der Waals surface area contributed by atoms with E-state index in [2.05, 4.69) is 0 Å². The molecule has 3 nitrogen and oxygen atoms in total. The van der Waals surface area contributed by atoms with Crippen molar-refractivity contribution < 1.29 is 12.8 Å². The first kappa shape index (κ1) is 8.68. The summed E-state index contributed by atoms with van der Waals surface area (Å²) in [5.41, 5.74) is -0.258. The van der Waals surface area contributed by atoms with Crippen LogP contribution in [-0.4, -0.2) is 8.42 Å². The van der Waals surface area contributed by atoms with Crippen LogP contribution in [0.4, 0.5) is 4.39 Å². The average molecular weight is 185 g/mol. The van der Waals surface area contributed by atoms with E-state index in [-0.39, 0.29) is 10.5 Å². The molecule has 1 aromatic rings. The minimum atomic E-state index is -2.75. The molecular weight excluding hydrogens is 181 g/mol. The molecular formula is C7H4FNO2S. The Labute approximate surface area is 70.0 Å². The Morgan fingerprint density at radius 1 is 1.42 bits per heavy atom. The molecule has 0 aliphatic rings. The van der Waals surface area contributed by atoms with Gasteiger partial charge in [-0.2, -0.15) is 5.26 Å². The fraction of sp³-hybridized carbons (Fsp3) is 0. The summed E-state index contributed by atoms with van der Waals surface area (Å²) in [7, 11) is -2.75. The van der Waals surface area contributed by atoms with E-state index in [4.69, 9.17) is 5.26 Å². The minimum absolute atomic E-state index is 0.0528. The zero-order chi connectivity index (χ0) is 9.14. The Bertz CT molecular complexity index is 412. The lowest BCUT2D eigenvalue weighted by atomic mass is 10.2. The van der Waals surface area contributed by atoms with Crippen molar-refractivity contribution >= 4 is 10.7 Å². The molecule has 0 amide bonds. The molecule has 5 heteroatoms. The first-order valence-corrected chi connectivity index (χ1v) is 4.17. The second kappa shape index (κ2) is 3.32. The van der Waals surface area contributed by atoms with Crippen molar-refractivity contribution in [1.82, 2.24) is 0 Å². The third-order valence-corrected chi connectivity index (χ3v) is 1.98. The SMILES string of the molecule is N#Cc1cc([SH](=O)=O)ccc1F. The number of halogens is 1. The fourth-order valence-corrected chi connectivity index (χ4v) is 1.14. The number of rotatable bonds is 1. The fourth-order valence-electron chi connectivity index (χ4n) is 0.713. The van der Waals surface area contributed by atoms with Gasteiger partial charge in [0.2, 0.25) is 0 Å². The molecule has 0 atom stereocenters. The first-order chi connectivity index (χ1) is 5.65. The molecule has 0 saturated carbocycles. The molecule has 1 aromatic carbocycles. The van der Waals surface area contributed by atoms with Crippen LogP contribution in [0.2, 0.25) is 0 Å². The van der Waals surface area contributed by atoms with Gasteiger partial charge in [-0.3, -0.25) is 0 Å². The molecule has 12 heavy (non-hydrogen) atoms. The third-order valence-electron chi connectivity index (χ3n) is 1.28. The summed E-state index contributed by atoms with van der Waals surface area (Å²) in [6.07, 6.45) is 0. The summed E-state index contributed by atoms with van der Waals surface area (Å²) >= 11 is 0. The van der Waals surface area contributed by atoms with Crippen LogP contribution in [0.5, 0.6) is 0 Å². The second-order valence-corrected chi connectivity index (χ2v) is 3.06. The summed E-state index contributed by atoms with van der Waals surface area (Å²) in [5, 5.41) is 8.34. The molecule has 0 spiro atoms. The Morgan fingerprint density at radius 2 is 2.08 bits per heavy atom. The van der Waals surface area contributed by atoms with E-state index in [0.29, 0.717) is 0 Å². The highest BCUT2D eigenvalue weighted by molar-refractivity contribution is 7.72. The van der Waals surface area contributed by atoms with Crippen molar-refractivity contribution in [3.05, 3.63) is 29.6 Å². The van der Waals surface area contributed by atoms with Crippen LogP contribution in [0, 0.1) is 17.1 Å². The van der Waals surface area contributed by atoms with Crippen LogP contribution in [0.15, 0.2) is 23.1 Å². The molecule has 0 saturated heterocycles. The van der Waals surface area contributed by atoms with E-state index < -0.39 is 16.5 Å². The number of thiol groups is 1. The van der Waals surface area contributed by atoms with Gasteiger partial charge in [-0.1, -0.05) is 0 Å². The molecule has 1 rings (SSSR count). The molecule has 0 radical (unpaired) electrons. The van der Waals surface area contributed by atoms with Crippen LogP contribution in [0.25, 0.3) is 0 Å². The Morgan fingerprint density at radius 3 is 2.58 bits per heavy atom. The van der Waals surface area contributed by atoms with Crippen molar-refractivity contribution in [1.29, 1.82) is 5.26 Å². The topological polar surface area (TPSA) is 57.9 Å². The van der Waals surface area contributed by atoms with Gasteiger partial charge >= 0.3 is 0 Å². The summed E-state index contributed by atoms with van der Waals surface area (Å²) in [4.78, 5) is -0.0528. The zero-order valence-electron chi connectivity index (χ0n) is 5.82. The van der Waals surface area contributed by atoms with Crippen LogP contribution >= 0.6 is 0 Å². The van der Waals surface area contributed by atoms with Gasteiger partial charge in [0.15, 0.2) is 10.7 Å². The molecule has 0 bridgehead atoms. The molecule has 0 heterocycles. The number of nitrogens with zero attached hydrogens (tertiary/aromatic N) is 1. The minimum Gasteiger partial charge on any atom is -0.227 e. The Hall–Kier alpha value is -1.41. The van der Waals surface area contributed by atoms with Crippen LogP contribution in [-0.2, 0) is 10.7 Å². The summed E-state index contributed by atoms with van der Waals surface area (Å²) in [6.45, 7) is 0. The normalized spacial score (nSPS) is 9.75. The highest BCUT2D eigenvalue weighted by atomic mass is 32.2. The van der Waals surface area contributed by atoms with E-state index in [1.807, 2.05) is 0 Å². The van der Waals surface area contributed by atoms with Crippen molar-refractivity contribution in [2.45, 2.75) is 4.90 Å². The van der Waals surface area contributed by atoms with Gasteiger partial charge in [-0.05, 0) is 18.2 Å². The lowest BCUT2D eigenvalue weighted by Gasteiger charge is -1.92. The van der Waals surface area contributed by atoms with Gasteiger partial charge < -0.3 is 0 Å². The summed E-state index contributed by atoms with van der Waals surface area (Å²) in [5.74, 6) is -0.710. The van der Waals surface area contributed by atoms with Gasteiger partial charge in [0.05, 0.1) is 10.5 Å². The molecule has 62 valence electrons. The zero-order valence-corrected chi connectivity index (χ0v) is 6.72. The average Bonchev–Trinajstić information content (AvgIpc) is 2.05. The maximum Gasteiger partial charge on any atom is 0.168 e. The van der Waals surface area contributed by atoms with E-state index >= 15 is 0 Å². The molecule has 0 fully saturated rings. The maximum atomic E-state index is 12.6. The Kier molecular flexibility index (Phi) is 2.41. The number of hydrogen-bond acceptors (Lipinski definition) is 3. The van der Waals surface area contributed by atoms with Crippen molar-refractivity contribution in [3.8, 4) is 6.07 Å². The second-order valence-electron chi connectivity index (χ2n) is 2.03. The first-order valence-electron chi connectivity index (χ1n) is 2.99. The van der Waals surface area contributed by atoms with Crippen molar-refractivity contribution in [3.63, 3.8) is 0 Å². The smallest absolute Gasteiger partial charge is 0.168 e. The summed E-state index contributed by atoms with van der Waals surface area (Å²) in [6, 6.07) is 4.62. The standard InChI is InChI=1S/C7H4FNO2S/c8-7-2-1-6(12(10)11)3-5(7)4-9/h1-3,12H. The number of benzene rings is 1. The number of hydrogen-bond donors (Lipinski definition) is 1. The highest BCUT2D eigenvalue weighted by Crippen LogP contribution is 2.09. The van der Waals surface area contributed by atoms with Crippen LogP contribution < -0.4 is 0 Å². The molecule has 0 N–H and O–H groups in total. The van der Waals surface area contributed by atoms with E-state index in [1.54, 1.807) is 6.07 Å². The quantitative estimate of drug-likeness (QED) is 0.654.